The van der Waals surface area contributed by atoms with Crippen molar-refractivity contribution in [1.82, 2.24) is 9.97 Å². The van der Waals surface area contributed by atoms with Crippen molar-refractivity contribution < 1.29 is 32.6 Å². The Morgan fingerprint density at radius 2 is 2.33 bits per heavy atom. The Hall–Kier alpha value is -1.38. The van der Waals surface area contributed by atoms with Crippen LogP contribution in [-0.4, -0.2) is 49.7 Å². The Morgan fingerprint density at radius 1 is 1.54 bits per heavy atom. The van der Waals surface area contributed by atoms with Crippen molar-refractivity contribution in [3.05, 3.63) is 18.3 Å². The Labute approximate surface area is 139 Å². The minimum Gasteiger partial charge on any atom is -0.382 e. The average molecular weight is 358 g/mol. The number of imidazole rings is 1. The quantitative estimate of drug-likeness (QED) is 0.604. The molecule has 2 aromatic heterocycles. The van der Waals surface area contributed by atoms with E-state index in [0.29, 0.717) is 13.0 Å². The largest absolute Gasteiger partial charge is 0.399 e. The SMILES string of the molecule is COCC1OC([n+]2c[nH]c3c(C)nc[nH+]c32)CC1OP(C)(=O)OC. The van der Waals surface area contributed by atoms with Gasteiger partial charge in [-0.3, -0.25) is 4.57 Å². The van der Waals surface area contributed by atoms with Gasteiger partial charge in [-0.05, 0) is 6.92 Å². The molecule has 1 saturated heterocycles. The summed E-state index contributed by atoms with van der Waals surface area (Å²) in [7, 11) is -0.145. The van der Waals surface area contributed by atoms with Gasteiger partial charge in [-0.15, -0.1) is 4.57 Å². The van der Waals surface area contributed by atoms with Crippen LogP contribution in [0.5, 0.6) is 0 Å². The summed E-state index contributed by atoms with van der Waals surface area (Å²) in [6.07, 6.45) is 3.01. The number of methoxy groups -OCH3 is 1. The van der Waals surface area contributed by atoms with Crippen molar-refractivity contribution in [2.75, 3.05) is 27.5 Å². The molecule has 9 nitrogen and oxygen atoms in total. The van der Waals surface area contributed by atoms with E-state index >= 15 is 0 Å². The molecular formula is C14H23N4O5P+2. The number of fused-ring (bicyclic) bond motifs is 1. The predicted molar refractivity (Wildman–Crippen MR) is 83.4 cm³/mol. The summed E-state index contributed by atoms with van der Waals surface area (Å²) in [5.74, 6) is 0. The lowest BCUT2D eigenvalue weighted by molar-refractivity contribution is -0.762. The molecule has 10 heteroatoms. The molecule has 24 heavy (non-hydrogen) atoms. The number of aromatic nitrogens is 4. The molecule has 1 fully saturated rings. The van der Waals surface area contributed by atoms with Gasteiger partial charge in [0.05, 0.1) is 13.0 Å². The van der Waals surface area contributed by atoms with Gasteiger partial charge < -0.3 is 18.5 Å². The van der Waals surface area contributed by atoms with Crippen LogP contribution in [0.1, 0.15) is 18.3 Å². The van der Waals surface area contributed by atoms with E-state index in [1.807, 2.05) is 17.8 Å². The third-order valence-corrected chi connectivity index (χ3v) is 5.46. The zero-order valence-corrected chi connectivity index (χ0v) is 15.1. The normalized spacial score (nSPS) is 26.8. The van der Waals surface area contributed by atoms with E-state index < -0.39 is 7.60 Å². The molecule has 3 rings (SSSR count). The van der Waals surface area contributed by atoms with Crippen molar-refractivity contribution in [2.24, 2.45) is 0 Å². The van der Waals surface area contributed by atoms with Crippen LogP contribution in [0, 0.1) is 6.92 Å². The molecule has 2 N–H and O–H groups in total. The maximum Gasteiger partial charge on any atom is 0.399 e. The first-order valence-electron chi connectivity index (χ1n) is 7.66. The topological polar surface area (TPSA) is 101 Å². The van der Waals surface area contributed by atoms with Crippen LogP contribution >= 0.6 is 7.60 Å². The number of hydrogen-bond acceptors (Lipinski definition) is 6. The monoisotopic (exact) mass is 358 g/mol. The fourth-order valence-corrected chi connectivity index (χ4v) is 3.69. The fourth-order valence-electron chi connectivity index (χ4n) is 2.89. The number of ether oxygens (including phenoxy) is 2. The Balaban J connectivity index is 1.86. The fraction of sp³-hybridized carbons (Fsp3) is 0.643. The Bertz CT molecular complexity index is 767. The molecule has 0 aliphatic carbocycles. The van der Waals surface area contributed by atoms with Crippen molar-refractivity contribution in [3.63, 3.8) is 0 Å². The third-order valence-electron chi connectivity index (χ3n) is 4.14. The summed E-state index contributed by atoms with van der Waals surface area (Å²) in [5, 5.41) is 0. The smallest absolute Gasteiger partial charge is 0.382 e. The second-order valence-corrected chi connectivity index (χ2v) is 7.93. The van der Waals surface area contributed by atoms with E-state index in [1.54, 1.807) is 13.4 Å². The highest BCUT2D eigenvalue weighted by Gasteiger charge is 2.44. The number of nitrogens with one attached hydrogen (secondary N) is 2. The number of rotatable bonds is 6. The molecule has 0 radical (unpaired) electrons. The van der Waals surface area contributed by atoms with Gasteiger partial charge in [-0.2, -0.15) is 4.98 Å². The molecule has 1 aliphatic heterocycles. The van der Waals surface area contributed by atoms with E-state index in [-0.39, 0.29) is 18.4 Å². The van der Waals surface area contributed by atoms with Crippen molar-refractivity contribution >= 4 is 18.8 Å². The second-order valence-electron chi connectivity index (χ2n) is 5.81. The van der Waals surface area contributed by atoms with Gasteiger partial charge in [0, 0.05) is 20.9 Å². The average Bonchev–Trinajstić information content (AvgIpc) is 3.13. The van der Waals surface area contributed by atoms with Gasteiger partial charge in [0.1, 0.15) is 17.9 Å². The van der Waals surface area contributed by atoms with Gasteiger partial charge in [-0.25, -0.2) is 9.97 Å². The molecule has 0 amide bonds. The predicted octanol–water partition coefficient (Wildman–Crippen LogP) is 0.761. The molecule has 2 aromatic rings. The first-order chi connectivity index (χ1) is 11.4. The molecule has 0 aromatic carbocycles. The Morgan fingerprint density at radius 3 is 3.04 bits per heavy atom. The van der Waals surface area contributed by atoms with E-state index in [4.69, 9.17) is 18.5 Å². The van der Waals surface area contributed by atoms with Gasteiger partial charge in [0.15, 0.2) is 0 Å². The molecule has 0 saturated carbocycles. The van der Waals surface area contributed by atoms with E-state index in [1.165, 1.54) is 13.8 Å². The molecule has 0 spiro atoms. The second kappa shape index (κ2) is 6.85. The lowest BCUT2D eigenvalue weighted by atomic mass is 10.2. The van der Waals surface area contributed by atoms with Crippen molar-refractivity contribution in [3.8, 4) is 0 Å². The maximum absolute atomic E-state index is 12.2. The summed E-state index contributed by atoms with van der Waals surface area (Å²) in [6.45, 7) is 3.72. The molecule has 1 aliphatic rings. The summed E-state index contributed by atoms with van der Waals surface area (Å²) in [5.41, 5.74) is 2.67. The van der Waals surface area contributed by atoms with Gasteiger partial charge >= 0.3 is 19.6 Å². The van der Waals surface area contributed by atoms with Crippen LogP contribution in [-0.2, 0) is 23.1 Å². The first-order valence-corrected chi connectivity index (χ1v) is 9.65. The van der Waals surface area contributed by atoms with Gasteiger partial charge in [0.2, 0.25) is 12.6 Å². The molecule has 3 heterocycles. The number of H-pyrrole nitrogens is 2. The number of nitrogens with zero attached hydrogens (tertiary/aromatic N) is 2. The Kier molecular flexibility index (Phi) is 4.98. The zero-order valence-electron chi connectivity index (χ0n) is 14.2. The molecule has 0 bridgehead atoms. The van der Waals surface area contributed by atoms with Crippen LogP contribution in [0.15, 0.2) is 12.7 Å². The molecular weight excluding hydrogens is 335 g/mol. The number of hydrogen-bond donors (Lipinski definition) is 1. The van der Waals surface area contributed by atoms with E-state index in [2.05, 4.69) is 15.0 Å². The molecule has 132 valence electrons. The van der Waals surface area contributed by atoms with Gasteiger partial charge in [0.25, 0.3) is 5.52 Å². The summed E-state index contributed by atoms with van der Waals surface area (Å²) >= 11 is 0. The highest BCUT2D eigenvalue weighted by Crippen LogP contribution is 2.47. The molecule has 4 unspecified atom stereocenters. The van der Waals surface area contributed by atoms with Gasteiger partial charge in [-0.1, -0.05) is 0 Å². The third kappa shape index (κ3) is 3.36. The van der Waals surface area contributed by atoms with Crippen LogP contribution in [0.25, 0.3) is 11.2 Å². The van der Waals surface area contributed by atoms with Crippen molar-refractivity contribution in [2.45, 2.75) is 31.8 Å². The minimum absolute atomic E-state index is 0.279. The zero-order chi connectivity index (χ0) is 17.3. The highest BCUT2D eigenvalue weighted by atomic mass is 31.2. The van der Waals surface area contributed by atoms with E-state index in [9.17, 15) is 4.57 Å². The first kappa shape index (κ1) is 17.4. The lowest BCUT2D eigenvalue weighted by Gasteiger charge is -2.20. The summed E-state index contributed by atoms with van der Waals surface area (Å²) in [4.78, 5) is 10.5. The van der Waals surface area contributed by atoms with Crippen LogP contribution in [0.3, 0.4) is 0 Å². The summed E-state index contributed by atoms with van der Waals surface area (Å²) in [6, 6.07) is 0. The van der Waals surface area contributed by atoms with Crippen LogP contribution in [0.4, 0.5) is 0 Å². The standard InChI is InChI=1S/C14H21N4O5P/c1-9-13-14(16-7-15-9)18(8-17-13)12-5-10(11(22-12)6-20-2)23-24(4,19)21-3/h7-8,10-12H,5-6H2,1-4H3/p+2. The maximum atomic E-state index is 12.2. The highest BCUT2D eigenvalue weighted by molar-refractivity contribution is 7.52. The molecule has 4 atom stereocenters. The van der Waals surface area contributed by atoms with Crippen LogP contribution in [0.2, 0.25) is 0 Å². The number of aryl methyl sites for hydroxylation is 1. The summed E-state index contributed by atoms with van der Waals surface area (Å²) < 4.78 is 36.0. The van der Waals surface area contributed by atoms with Crippen molar-refractivity contribution in [1.29, 1.82) is 0 Å². The number of aromatic amines is 2. The lowest BCUT2D eigenvalue weighted by Crippen LogP contribution is -2.41. The van der Waals surface area contributed by atoms with E-state index in [0.717, 1.165) is 16.9 Å². The van der Waals surface area contributed by atoms with Crippen LogP contribution < -0.4 is 9.55 Å². The minimum atomic E-state index is -3.11.